The highest BCUT2D eigenvalue weighted by Gasteiger charge is 2.21. The average Bonchev–Trinajstić information content (AvgIpc) is 2.71. The van der Waals surface area contributed by atoms with Gasteiger partial charge in [0.2, 0.25) is 10.0 Å². The Hall–Kier alpha value is -3.01. The van der Waals surface area contributed by atoms with Crippen molar-refractivity contribution in [3.8, 4) is 0 Å². The van der Waals surface area contributed by atoms with Crippen molar-refractivity contribution in [3.63, 3.8) is 0 Å². The summed E-state index contributed by atoms with van der Waals surface area (Å²) in [6.07, 6.45) is 0. The molecule has 0 bridgehead atoms. The molecule has 2 aromatic rings. The molecule has 0 fully saturated rings. The van der Waals surface area contributed by atoms with Crippen LogP contribution in [0.1, 0.15) is 29.8 Å². The number of benzene rings is 2. The molecule has 31 heavy (non-hydrogen) atoms. The number of halogens is 1. The molecule has 2 aromatic carbocycles. The van der Waals surface area contributed by atoms with Crippen LogP contribution in [-0.2, 0) is 26.1 Å². The summed E-state index contributed by atoms with van der Waals surface area (Å²) in [7, 11) is -4.03. The van der Waals surface area contributed by atoms with Gasteiger partial charge >= 0.3 is 5.97 Å². The number of ether oxygens (including phenoxy) is 1. The number of sulfonamides is 1. The highest BCUT2D eigenvalue weighted by atomic mass is 35.5. The highest BCUT2D eigenvalue weighted by molar-refractivity contribution is 7.89. The number of carbonyl (C=O) groups is 2. The second-order valence-corrected chi connectivity index (χ2v) is 8.68. The molecule has 0 unspecified atom stereocenters. The molecule has 0 aliphatic carbocycles. The lowest BCUT2D eigenvalue weighted by Gasteiger charge is -2.11. The molecule has 0 aliphatic rings. The molecule has 0 saturated heterocycles. The van der Waals surface area contributed by atoms with E-state index in [1.165, 1.54) is 26.0 Å². The van der Waals surface area contributed by atoms with E-state index in [4.69, 9.17) is 21.7 Å². The van der Waals surface area contributed by atoms with Crippen molar-refractivity contribution in [1.29, 1.82) is 5.41 Å². The summed E-state index contributed by atoms with van der Waals surface area (Å²) in [6.45, 7) is 1.86. The molecule has 8 nitrogen and oxygen atoms in total. The Morgan fingerprint density at radius 3 is 2.35 bits per heavy atom. The Bertz CT molecular complexity index is 1130. The maximum atomic E-state index is 12.7. The third kappa shape index (κ3) is 6.48. The number of Topliss-reactive ketones (excluding diaryl/α,β-unsaturated/α-hetero) is 1. The zero-order valence-electron chi connectivity index (χ0n) is 16.8. The first-order chi connectivity index (χ1) is 14.5. The van der Waals surface area contributed by atoms with Gasteiger partial charge in [0.1, 0.15) is 17.3 Å². The fraction of sp³-hybridized carbons (Fsp3) is 0.190. The van der Waals surface area contributed by atoms with Gasteiger partial charge in [0.25, 0.3) is 0 Å². The lowest BCUT2D eigenvalue weighted by molar-refractivity contribution is -0.113. The fourth-order valence-electron chi connectivity index (χ4n) is 2.66. The maximum absolute atomic E-state index is 12.7. The minimum Gasteiger partial charge on any atom is -0.508 e. The molecule has 0 radical (unpaired) electrons. The van der Waals surface area contributed by atoms with Gasteiger partial charge in [-0.05, 0) is 37.6 Å². The normalized spacial score (nSPS) is 12.1. The number of hydrogen-bond donors (Lipinski definition) is 3. The Morgan fingerprint density at radius 2 is 1.77 bits per heavy atom. The summed E-state index contributed by atoms with van der Waals surface area (Å²) >= 11 is 6.03. The summed E-state index contributed by atoms with van der Waals surface area (Å²) in [6, 6.07) is 12.4. The first kappa shape index (κ1) is 24.3. The van der Waals surface area contributed by atoms with E-state index in [-0.39, 0.29) is 33.3 Å². The van der Waals surface area contributed by atoms with Crippen molar-refractivity contribution in [2.45, 2.75) is 25.3 Å². The summed E-state index contributed by atoms with van der Waals surface area (Å²) < 4.78 is 32.7. The van der Waals surface area contributed by atoms with Gasteiger partial charge in [-0.25, -0.2) is 17.9 Å². The summed E-state index contributed by atoms with van der Waals surface area (Å²) in [5, 5.41) is 17.4. The predicted octanol–water partition coefficient (Wildman–Crippen LogP) is 3.42. The number of nitrogens with one attached hydrogen (secondary N) is 2. The number of rotatable bonds is 9. The maximum Gasteiger partial charge on any atom is 0.338 e. The van der Waals surface area contributed by atoms with E-state index in [0.717, 1.165) is 11.6 Å². The Kier molecular flexibility index (Phi) is 8.09. The van der Waals surface area contributed by atoms with E-state index in [1.807, 2.05) is 0 Å². The van der Waals surface area contributed by atoms with Crippen LogP contribution in [0.5, 0.6) is 0 Å². The first-order valence-electron chi connectivity index (χ1n) is 9.01. The molecular formula is C21H21ClN2O6S. The lowest BCUT2D eigenvalue weighted by atomic mass is 10.1. The molecule has 0 saturated carbocycles. The second kappa shape index (κ2) is 10.3. The molecule has 0 spiro atoms. The van der Waals surface area contributed by atoms with E-state index in [0.29, 0.717) is 0 Å². The van der Waals surface area contributed by atoms with Crippen molar-refractivity contribution in [2.24, 2.45) is 0 Å². The van der Waals surface area contributed by atoms with Crippen molar-refractivity contribution in [2.75, 3.05) is 6.61 Å². The van der Waals surface area contributed by atoms with Gasteiger partial charge in [0, 0.05) is 12.3 Å². The molecule has 0 aromatic heterocycles. The number of ketones is 1. The van der Waals surface area contributed by atoms with Gasteiger partial charge in [0.15, 0.2) is 5.78 Å². The van der Waals surface area contributed by atoms with Crippen LogP contribution in [-0.4, -0.2) is 37.6 Å². The van der Waals surface area contributed by atoms with Gasteiger partial charge in [-0.3, -0.25) is 4.79 Å². The van der Waals surface area contributed by atoms with Crippen LogP contribution in [0.15, 0.2) is 64.8 Å². The quantitative estimate of drug-likeness (QED) is 0.225. The zero-order valence-corrected chi connectivity index (χ0v) is 18.4. The van der Waals surface area contributed by atoms with Crippen molar-refractivity contribution >= 4 is 39.1 Å². The number of aliphatic hydroxyl groups excluding tert-OH is 1. The number of esters is 1. The summed E-state index contributed by atoms with van der Waals surface area (Å²) in [5.41, 5.74) is 0.193. The van der Waals surface area contributed by atoms with Crippen LogP contribution in [0.2, 0.25) is 5.02 Å². The zero-order chi connectivity index (χ0) is 23.2. The molecule has 0 atom stereocenters. The smallest absolute Gasteiger partial charge is 0.338 e. The lowest BCUT2D eigenvalue weighted by Crippen LogP contribution is -2.24. The Labute approximate surface area is 185 Å². The van der Waals surface area contributed by atoms with Crippen LogP contribution in [0.25, 0.3) is 0 Å². The van der Waals surface area contributed by atoms with E-state index in [2.05, 4.69) is 4.72 Å². The first-order valence-corrected chi connectivity index (χ1v) is 10.9. The van der Waals surface area contributed by atoms with E-state index in [9.17, 15) is 23.1 Å². The number of carbonyl (C=O) groups excluding carboxylic acids is 2. The molecule has 2 rings (SSSR count). The monoisotopic (exact) mass is 464 g/mol. The van der Waals surface area contributed by atoms with Crippen LogP contribution in [0.4, 0.5) is 0 Å². The van der Waals surface area contributed by atoms with E-state index < -0.39 is 34.1 Å². The van der Waals surface area contributed by atoms with Crippen LogP contribution < -0.4 is 4.72 Å². The third-order valence-electron chi connectivity index (χ3n) is 4.12. The largest absolute Gasteiger partial charge is 0.508 e. The molecule has 10 heteroatoms. The highest BCUT2D eigenvalue weighted by Crippen LogP contribution is 2.23. The topological polar surface area (TPSA) is 134 Å². The van der Waals surface area contributed by atoms with Gasteiger partial charge in [-0.2, -0.15) is 0 Å². The molecule has 0 heterocycles. The van der Waals surface area contributed by atoms with Gasteiger partial charge in [-0.1, -0.05) is 41.9 Å². The Balaban J connectivity index is 2.19. The Morgan fingerprint density at radius 1 is 1.13 bits per heavy atom. The van der Waals surface area contributed by atoms with Gasteiger partial charge in [0.05, 0.1) is 16.2 Å². The van der Waals surface area contributed by atoms with Gasteiger partial charge < -0.3 is 15.3 Å². The number of allylic oxidation sites excluding steroid dienone is 1. The van der Waals surface area contributed by atoms with Crippen molar-refractivity contribution < 1.29 is 27.9 Å². The average molecular weight is 465 g/mol. The van der Waals surface area contributed by atoms with Crippen molar-refractivity contribution in [1.82, 2.24) is 4.72 Å². The fourth-order valence-corrected chi connectivity index (χ4v) is 4.20. The van der Waals surface area contributed by atoms with Crippen LogP contribution in [0.3, 0.4) is 0 Å². The molecule has 164 valence electrons. The third-order valence-corrected chi connectivity index (χ3v) is 6.00. The van der Waals surface area contributed by atoms with Crippen LogP contribution in [0, 0.1) is 5.41 Å². The summed E-state index contributed by atoms with van der Waals surface area (Å²) in [4.78, 5) is 23.5. The molecule has 0 aliphatic heterocycles. The minimum absolute atomic E-state index is 0.0314. The van der Waals surface area contributed by atoms with Crippen molar-refractivity contribution in [3.05, 3.63) is 76.0 Å². The predicted molar refractivity (Wildman–Crippen MR) is 116 cm³/mol. The number of hydrogen-bond acceptors (Lipinski definition) is 7. The van der Waals surface area contributed by atoms with Gasteiger partial charge in [-0.15, -0.1) is 0 Å². The van der Waals surface area contributed by atoms with E-state index >= 15 is 0 Å². The number of aliphatic hydroxyl groups is 1. The molecule has 3 N–H and O–H groups in total. The summed E-state index contributed by atoms with van der Waals surface area (Å²) in [5.74, 6) is -2.06. The van der Waals surface area contributed by atoms with Crippen LogP contribution >= 0.6 is 11.6 Å². The second-order valence-electron chi connectivity index (χ2n) is 6.53. The van der Waals surface area contributed by atoms with E-state index in [1.54, 1.807) is 30.3 Å². The minimum atomic E-state index is -4.03. The SMILES string of the molecule is CC(=N)/C(C(C)=O)=C(\O)COC(=O)c1ccc(Cl)c(S(=O)(=O)NCc2ccccc2)c1. The molecular weight excluding hydrogens is 444 g/mol. The molecule has 0 amide bonds. The standard InChI is InChI=1S/C21H21ClN2O6S/c1-13(23)20(14(2)25)18(26)12-30-21(27)16-8-9-17(22)19(10-16)31(28,29)24-11-15-6-4-3-5-7-15/h3-10,23-24,26H,11-12H2,1-2H3/b20-18+,23-13?.